The Labute approximate surface area is 128 Å². The third kappa shape index (κ3) is 3.58. The fourth-order valence-electron chi connectivity index (χ4n) is 4.12. The molecular weight excluding hydrogens is 266 g/mol. The van der Waals surface area contributed by atoms with Crippen molar-refractivity contribution in [3.63, 3.8) is 0 Å². The fourth-order valence-corrected chi connectivity index (χ4v) is 4.12. The van der Waals surface area contributed by atoms with E-state index in [-0.39, 0.29) is 5.91 Å². The molecule has 3 heterocycles. The Kier molecular flexibility index (Phi) is 4.82. The quantitative estimate of drug-likeness (QED) is 0.766. The van der Waals surface area contributed by atoms with E-state index in [1.165, 1.54) is 25.9 Å². The summed E-state index contributed by atoms with van der Waals surface area (Å²) in [4.78, 5) is 18.6. The number of carbonyl (C=O) groups is 1. The van der Waals surface area contributed by atoms with Crippen LogP contribution in [-0.4, -0.2) is 85.2 Å². The predicted octanol–water partition coefficient (Wildman–Crippen LogP) is 0.650. The van der Waals surface area contributed by atoms with Crippen LogP contribution in [0.25, 0.3) is 0 Å². The molecule has 3 saturated heterocycles. The number of carbonyl (C=O) groups excluding carboxylic acids is 1. The zero-order valence-electron chi connectivity index (χ0n) is 13.5. The molecule has 3 rings (SSSR count). The largest absolute Gasteiger partial charge is 0.377 e. The van der Waals surface area contributed by atoms with Gasteiger partial charge in [0.15, 0.2) is 0 Å². The molecule has 0 radical (unpaired) electrons. The van der Waals surface area contributed by atoms with Crippen LogP contribution >= 0.6 is 0 Å². The van der Waals surface area contributed by atoms with Gasteiger partial charge in [-0.1, -0.05) is 6.92 Å². The monoisotopic (exact) mass is 295 g/mol. The molecule has 0 aromatic carbocycles. The summed E-state index contributed by atoms with van der Waals surface area (Å²) >= 11 is 0. The summed E-state index contributed by atoms with van der Waals surface area (Å²) in [7, 11) is 0. The minimum atomic E-state index is 0.217. The van der Waals surface area contributed by atoms with Crippen LogP contribution in [0.2, 0.25) is 0 Å². The number of piperazine rings is 1. The summed E-state index contributed by atoms with van der Waals surface area (Å²) in [6.07, 6.45) is 2.92. The molecule has 5 nitrogen and oxygen atoms in total. The molecule has 3 aliphatic heterocycles. The second-order valence-corrected chi connectivity index (χ2v) is 6.94. The van der Waals surface area contributed by atoms with Gasteiger partial charge in [-0.2, -0.15) is 0 Å². The molecule has 0 spiro atoms. The third-order valence-electron chi connectivity index (χ3n) is 5.36. The predicted molar refractivity (Wildman–Crippen MR) is 82.2 cm³/mol. The van der Waals surface area contributed by atoms with Crippen LogP contribution in [0.5, 0.6) is 0 Å². The minimum Gasteiger partial charge on any atom is -0.377 e. The minimum absolute atomic E-state index is 0.217. The molecule has 5 heteroatoms. The van der Waals surface area contributed by atoms with Crippen LogP contribution in [-0.2, 0) is 9.53 Å². The smallest absolute Gasteiger partial charge is 0.219 e. The lowest BCUT2D eigenvalue weighted by molar-refractivity contribution is -0.130. The molecule has 0 unspecified atom stereocenters. The van der Waals surface area contributed by atoms with Crippen molar-refractivity contribution in [2.24, 2.45) is 5.92 Å². The van der Waals surface area contributed by atoms with E-state index < -0.39 is 0 Å². The van der Waals surface area contributed by atoms with Gasteiger partial charge in [-0.3, -0.25) is 14.6 Å². The topological polar surface area (TPSA) is 36.0 Å². The molecule has 0 saturated carbocycles. The van der Waals surface area contributed by atoms with E-state index in [2.05, 4.69) is 16.7 Å². The summed E-state index contributed by atoms with van der Waals surface area (Å²) in [5.41, 5.74) is 0. The first-order valence-corrected chi connectivity index (χ1v) is 8.47. The van der Waals surface area contributed by atoms with E-state index in [9.17, 15) is 4.79 Å². The molecule has 120 valence electrons. The number of nitrogens with zero attached hydrogens (tertiary/aromatic N) is 3. The lowest BCUT2D eigenvalue weighted by Gasteiger charge is -2.39. The van der Waals surface area contributed by atoms with Crippen LogP contribution in [0, 0.1) is 5.92 Å². The van der Waals surface area contributed by atoms with Crippen molar-refractivity contribution in [3.05, 3.63) is 0 Å². The molecule has 21 heavy (non-hydrogen) atoms. The highest BCUT2D eigenvalue weighted by molar-refractivity contribution is 5.73. The molecule has 1 amide bonds. The average Bonchev–Trinajstić information content (AvgIpc) is 3.09. The lowest BCUT2D eigenvalue weighted by Crippen LogP contribution is -2.53. The Hall–Kier alpha value is -0.650. The van der Waals surface area contributed by atoms with Gasteiger partial charge in [0.2, 0.25) is 5.91 Å². The van der Waals surface area contributed by atoms with E-state index in [0.29, 0.717) is 12.1 Å². The van der Waals surface area contributed by atoms with Gasteiger partial charge in [0.25, 0.3) is 0 Å². The standard InChI is InChI=1S/C16H29N3O2/c1-13-10-17(11-15-4-3-9-21-15)12-16(13)19-7-5-18(6-8-19)14(2)20/h13,15-16H,3-12H2,1-2H3/t13-,15-,16-/m1/s1. The second kappa shape index (κ2) is 6.63. The second-order valence-electron chi connectivity index (χ2n) is 6.94. The van der Waals surface area contributed by atoms with Crippen LogP contribution < -0.4 is 0 Å². The van der Waals surface area contributed by atoms with Crippen molar-refractivity contribution in [1.29, 1.82) is 0 Å². The highest BCUT2D eigenvalue weighted by Gasteiger charge is 2.36. The third-order valence-corrected chi connectivity index (χ3v) is 5.36. The molecule has 0 bridgehead atoms. The summed E-state index contributed by atoms with van der Waals surface area (Å²) in [5.74, 6) is 0.935. The molecular formula is C16H29N3O2. The summed E-state index contributed by atoms with van der Waals surface area (Å²) in [6.45, 7) is 12.3. The van der Waals surface area contributed by atoms with Gasteiger partial charge in [-0.05, 0) is 18.8 Å². The van der Waals surface area contributed by atoms with E-state index in [1.54, 1.807) is 6.92 Å². The van der Waals surface area contributed by atoms with Crippen LogP contribution in [0.15, 0.2) is 0 Å². The molecule has 3 fully saturated rings. The zero-order chi connectivity index (χ0) is 14.8. The number of amides is 1. The van der Waals surface area contributed by atoms with Crippen molar-refractivity contribution >= 4 is 5.91 Å². The Morgan fingerprint density at radius 1 is 1.19 bits per heavy atom. The van der Waals surface area contributed by atoms with Crippen molar-refractivity contribution in [1.82, 2.24) is 14.7 Å². The Bertz CT molecular complexity index is 363. The van der Waals surface area contributed by atoms with E-state index in [4.69, 9.17) is 4.74 Å². The first kappa shape index (κ1) is 15.3. The van der Waals surface area contributed by atoms with Gasteiger partial charge in [0, 0.05) is 65.4 Å². The number of hydrogen-bond donors (Lipinski definition) is 0. The number of rotatable bonds is 3. The lowest BCUT2D eigenvalue weighted by atomic mass is 10.0. The van der Waals surface area contributed by atoms with E-state index in [0.717, 1.165) is 45.2 Å². The van der Waals surface area contributed by atoms with Crippen molar-refractivity contribution < 1.29 is 9.53 Å². The molecule has 0 N–H and O–H groups in total. The highest BCUT2D eigenvalue weighted by Crippen LogP contribution is 2.24. The maximum absolute atomic E-state index is 11.4. The Morgan fingerprint density at radius 3 is 2.57 bits per heavy atom. The first-order valence-electron chi connectivity index (χ1n) is 8.47. The summed E-state index contributed by atoms with van der Waals surface area (Å²) < 4.78 is 5.77. The van der Waals surface area contributed by atoms with Gasteiger partial charge >= 0.3 is 0 Å². The Morgan fingerprint density at radius 2 is 1.95 bits per heavy atom. The molecule has 3 atom stereocenters. The van der Waals surface area contributed by atoms with Crippen LogP contribution in [0.1, 0.15) is 26.7 Å². The molecule has 0 aliphatic carbocycles. The van der Waals surface area contributed by atoms with Crippen LogP contribution in [0.3, 0.4) is 0 Å². The average molecular weight is 295 g/mol. The molecule has 0 aromatic heterocycles. The normalized spacial score (nSPS) is 35.5. The Balaban J connectivity index is 1.48. The zero-order valence-corrected chi connectivity index (χ0v) is 13.5. The van der Waals surface area contributed by atoms with Crippen LogP contribution in [0.4, 0.5) is 0 Å². The summed E-state index contributed by atoms with van der Waals surface area (Å²) in [5, 5.41) is 0. The van der Waals surface area contributed by atoms with Gasteiger partial charge in [-0.15, -0.1) is 0 Å². The first-order chi connectivity index (χ1) is 10.1. The van der Waals surface area contributed by atoms with Crippen molar-refractivity contribution in [2.75, 3.05) is 52.4 Å². The van der Waals surface area contributed by atoms with Gasteiger partial charge < -0.3 is 9.64 Å². The molecule has 0 aromatic rings. The van der Waals surface area contributed by atoms with Gasteiger partial charge in [-0.25, -0.2) is 0 Å². The fraction of sp³-hybridized carbons (Fsp3) is 0.938. The number of likely N-dealkylation sites (tertiary alicyclic amines) is 1. The van der Waals surface area contributed by atoms with Crippen molar-refractivity contribution in [2.45, 2.75) is 38.8 Å². The number of ether oxygens (including phenoxy) is 1. The maximum Gasteiger partial charge on any atom is 0.219 e. The van der Waals surface area contributed by atoms with Gasteiger partial charge in [0.05, 0.1) is 6.10 Å². The van der Waals surface area contributed by atoms with E-state index >= 15 is 0 Å². The highest BCUT2D eigenvalue weighted by atomic mass is 16.5. The maximum atomic E-state index is 11.4. The van der Waals surface area contributed by atoms with E-state index in [1.807, 2.05) is 4.90 Å². The molecule has 3 aliphatic rings. The SMILES string of the molecule is CC(=O)N1CCN([C@@H]2CN(C[C@H]3CCCO3)C[C@H]2C)CC1. The van der Waals surface area contributed by atoms with Crippen molar-refractivity contribution in [3.8, 4) is 0 Å². The summed E-state index contributed by atoms with van der Waals surface area (Å²) in [6, 6.07) is 0.653. The number of hydrogen-bond acceptors (Lipinski definition) is 4. The van der Waals surface area contributed by atoms with Gasteiger partial charge in [0.1, 0.15) is 0 Å².